The lowest BCUT2D eigenvalue weighted by Gasteiger charge is -2.06. The molecule has 0 atom stereocenters. The number of hydrogen-bond donors (Lipinski definition) is 1. The lowest BCUT2D eigenvalue weighted by molar-refractivity contribution is 0.476. The van der Waals surface area contributed by atoms with E-state index in [9.17, 15) is 5.11 Å². The van der Waals surface area contributed by atoms with Crippen molar-refractivity contribution in [3.8, 4) is 17.1 Å². The second-order valence-corrected chi connectivity index (χ2v) is 3.99. The molecule has 3 nitrogen and oxygen atoms in total. The molecule has 0 bridgehead atoms. The van der Waals surface area contributed by atoms with E-state index in [1.54, 1.807) is 6.07 Å². The first-order valence-electron chi connectivity index (χ1n) is 5.18. The number of rotatable bonds is 1. The van der Waals surface area contributed by atoms with E-state index < -0.39 is 0 Å². The minimum absolute atomic E-state index is 0.218. The minimum atomic E-state index is 0.218. The van der Waals surface area contributed by atoms with Crippen molar-refractivity contribution < 1.29 is 5.11 Å². The quantitative estimate of drug-likeness (QED) is 0.794. The third-order valence-electron chi connectivity index (χ3n) is 2.38. The van der Waals surface area contributed by atoms with E-state index in [2.05, 4.69) is 9.97 Å². The average Bonchev–Trinajstić information content (AvgIpc) is 2.20. The summed E-state index contributed by atoms with van der Waals surface area (Å²) in [5, 5.41) is 9.79. The van der Waals surface area contributed by atoms with Gasteiger partial charge in [0.05, 0.1) is 5.56 Å². The molecule has 82 valence electrons. The Morgan fingerprint density at radius 1 is 0.938 bits per heavy atom. The van der Waals surface area contributed by atoms with Crippen LogP contribution in [0.1, 0.15) is 17.0 Å². The number of phenols is 1. The van der Waals surface area contributed by atoms with Crippen LogP contribution in [0.5, 0.6) is 5.75 Å². The second-order valence-electron chi connectivity index (χ2n) is 3.99. The molecule has 1 aromatic carbocycles. The van der Waals surface area contributed by atoms with Gasteiger partial charge in [-0.2, -0.15) is 0 Å². The van der Waals surface area contributed by atoms with Gasteiger partial charge in [-0.15, -0.1) is 0 Å². The van der Waals surface area contributed by atoms with Crippen LogP contribution in [-0.4, -0.2) is 15.1 Å². The molecule has 0 saturated heterocycles. The van der Waals surface area contributed by atoms with Crippen LogP contribution in [0.2, 0.25) is 0 Å². The Labute approximate surface area is 94.8 Å². The van der Waals surface area contributed by atoms with Gasteiger partial charge < -0.3 is 5.11 Å². The van der Waals surface area contributed by atoms with Crippen LogP contribution in [-0.2, 0) is 0 Å². The van der Waals surface area contributed by atoms with Crippen LogP contribution in [0.3, 0.4) is 0 Å². The van der Waals surface area contributed by atoms with Crippen LogP contribution in [0.15, 0.2) is 24.3 Å². The lowest BCUT2D eigenvalue weighted by Crippen LogP contribution is -1.95. The van der Waals surface area contributed by atoms with Crippen molar-refractivity contribution in [3.63, 3.8) is 0 Å². The third-order valence-corrected chi connectivity index (χ3v) is 2.38. The number of nitrogens with zero attached hydrogens (tertiary/aromatic N) is 2. The first-order valence-corrected chi connectivity index (χ1v) is 5.18. The summed E-state index contributed by atoms with van der Waals surface area (Å²) in [6, 6.07) is 7.34. The second kappa shape index (κ2) is 3.93. The number of aryl methyl sites for hydroxylation is 3. The maximum atomic E-state index is 9.79. The summed E-state index contributed by atoms with van der Waals surface area (Å²) in [6.07, 6.45) is 0. The molecule has 0 aliphatic heterocycles. The van der Waals surface area contributed by atoms with E-state index in [1.807, 2.05) is 39.0 Å². The van der Waals surface area contributed by atoms with Gasteiger partial charge in [0.25, 0.3) is 0 Å². The predicted octanol–water partition coefficient (Wildman–Crippen LogP) is 2.77. The first kappa shape index (κ1) is 10.6. The number of benzene rings is 1. The molecule has 2 aromatic rings. The number of hydrogen-bond acceptors (Lipinski definition) is 3. The molecular formula is C13H14N2O. The van der Waals surface area contributed by atoms with Gasteiger partial charge in [0.1, 0.15) is 5.75 Å². The molecular weight excluding hydrogens is 200 g/mol. The zero-order valence-electron chi connectivity index (χ0n) is 9.65. The van der Waals surface area contributed by atoms with E-state index >= 15 is 0 Å². The number of aromatic hydroxyl groups is 1. The number of aromatic nitrogens is 2. The van der Waals surface area contributed by atoms with Crippen LogP contribution >= 0.6 is 0 Å². The van der Waals surface area contributed by atoms with Crippen molar-refractivity contribution in [2.24, 2.45) is 0 Å². The molecule has 0 amide bonds. The van der Waals surface area contributed by atoms with Gasteiger partial charge >= 0.3 is 0 Å². The fraction of sp³-hybridized carbons (Fsp3) is 0.231. The molecule has 0 unspecified atom stereocenters. The molecule has 2 rings (SSSR count). The van der Waals surface area contributed by atoms with Crippen molar-refractivity contribution >= 4 is 0 Å². The number of phenolic OH excluding ortho intramolecular Hbond substituents is 1. The highest BCUT2D eigenvalue weighted by atomic mass is 16.3. The maximum absolute atomic E-state index is 9.79. The minimum Gasteiger partial charge on any atom is -0.507 e. The van der Waals surface area contributed by atoms with Gasteiger partial charge in [0, 0.05) is 11.4 Å². The van der Waals surface area contributed by atoms with E-state index in [0.29, 0.717) is 11.4 Å². The third kappa shape index (κ3) is 2.03. The highest BCUT2D eigenvalue weighted by Gasteiger charge is 2.08. The monoisotopic (exact) mass is 214 g/mol. The molecule has 0 radical (unpaired) electrons. The molecule has 0 saturated carbocycles. The maximum Gasteiger partial charge on any atom is 0.163 e. The Kier molecular flexibility index (Phi) is 2.60. The largest absolute Gasteiger partial charge is 0.507 e. The van der Waals surface area contributed by atoms with Crippen molar-refractivity contribution in [2.75, 3.05) is 0 Å². The Balaban J connectivity index is 2.62. The Bertz CT molecular complexity index is 515. The molecule has 0 aliphatic carbocycles. The summed E-state index contributed by atoms with van der Waals surface area (Å²) in [5.41, 5.74) is 3.58. The lowest BCUT2D eigenvalue weighted by atomic mass is 10.1. The summed E-state index contributed by atoms with van der Waals surface area (Å²) in [5.74, 6) is 0.800. The zero-order valence-corrected chi connectivity index (χ0v) is 9.65. The fourth-order valence-corrected chi connectivity index (χ4v) is 1.68. The van der Waals surface area contributed by atoms with Crippen molar-refractivity contribution in [1.82, 2.24) is 9.97 Å². The van der Waals surface area contributed by atoms with Crippen molar-refractivity contribution in [1.29, 1.82) is 0 Å². The van der Waals surface area contributed by atoms with Crippen LogP contribution < -0.4 is 0 Å². The molecule has 0 aliphatic rings. The van der Waals surface area contributed by atoms with Gasteiger partial charge in [-0.3, -0.25) is 0 Å². The van der Waals surface area contributed by atoms with Crippen molar-refractivity contribution in [2.45, 2.75) is 20.8 Å². The summed E-state index contributed by atoms with van der Waals surface area (Å²) in [4.78, 5) is 8.67. The van der Waals surface area contributed by atoms with Crippen LogP contribution in [0.4, 0.5) is 0 Å². The Morgan fingerprint density at radius 2 is 1.56 bits per heavy atom. The smallest absolute Gasteiger partial charge is 0.163 e. The van der Waals surface area contributed by atoms with Crippen LogP contribution in [0.25, 0.3) is 11.4 Å². The summed E-state index contributed by atoms with van der Waals surface area (Å²) in [7, 11) is 0. The molecule has 1 heterocycles. The molecule has 3 heteroatoms. The fourth-order valence-electron chi connectivity index (χ4n) is 1.68. The molecule has 0 spiro atoms. The molecule has 1 aromatic heterocycles. The Hall–Kier alpha value is -1.90. The topological polar surface area (TPSA) is 46.0 Å². The average molecular weight is 214 g/mol. The van der Waals surface area contributed by atoms with Gasteiger partial charge in [-0.25, -0.2) is 9.97 Å². The Morgan fingerprint density at radius 3 is 2.19 bits per heavy atom. The van der Waals surface area contributed by atoms with E-state index in [-0.39, 0.29) is 5.75 Å². The normalized spacial score (nSPS) is 10.4. The van der Waals surface area contributed by atoms with E-state index in [1.165, 1.54) is 0 Å². The van der Waals surface area contributed by atoms with Crippen LogP contribution in [0, 0.1) is 20.8 Å². The standard InChI is InChI=1S/C13H14N2O/c1-8-4-5-12(16)11(6-8)13-14-9(2)7-10(3)15-13/h4-7,16H,1-3H3. The predicted molar refractivity (Wildman–Crippen MR) is 63.3 cm³/mol. The molecule has 1 N–H and O–H groups in total. The summed E-state index contributed by atoms with van der Waals surface area (Å²) >= 11 is 0. The first-order chi connectivity index (χ1) is 7.56. The van der Waals surface area contributed by atoms with E-state index in [4.69, 9.17) is 0 Å². The highest BCUT2D eigenvalue weighted by molar-refractivity contribution is 5.64. The van der Waals surface area contributed by atoms with Crippen molar-refractivity contribution in [3.05, 3.63) is 41.2 Å². The van der Waals surface area contributed by atoms with Gasteiger partial charge in [0.15, 0.2) is 5.82 Å². The molecule has 16 heavy (non-hydrogen) atoms. The van der Waals surface area contributed by atoms with Gasteiger partial charge in [-0.1, -0.05) is 11.6 Å². The summed E-state index contributed by atoms with van der Waals surface area (Å²) < 4.78 is 0. The molecule has 0 fully saturated rings. The highest BCUT2D eigenvalue weighted by Crippen LogP contribution is 2.27. The van der Waals surface area contributed by atoms with Gasteiger partial charge in [0.2, 0.25) is 0 Å². The SMILES string of the molecule is Cc1ccc(O)c(-c2nc(C)cc(C)n2)c1. The van der Waals surface area contributed by atoms with E-state index in [0.717, 1.165) is 17.0 Å². The van der Waals surface area contributed by atoms with Gasteiger partial charge in [-0.05, 0) is 39.0 Å². The summed E-state index contributed by atoms with van der Waals surface area (Å²) in [6.45, 7) is 5.82. The zero-order chi connectivity index (χ0) is 11.7.